The topological polar surface area (TPSA) is 12.0 Å². The van der Waals surface area contributed by atoms with Gasteiger partial charge in [0.15, 0.2) is 0 Å². The molecule has 0 radical (unpaired) electrons. The molecular weight excluding hydrogens is 262 g/mol. The Labute approximate surface area is 120 Å². The van der Waals surface area contributed by atoms with Gasteiger partial charge in [0.1, 0.15) is 0 Å². The minimum absolute atomic E-state index is 0.610. The monoisotopic (exact) mass is 285 g/mol. The Morgan fingerprint density at radius 3 is 2.67 bits per heavy atom. The molecule has 0 aliphatic heterocycles. The molecule has 1 aliphatic rings. The summed E-state index contributed by atoms with van der Waals surface area (Å²) in [4.78, 5) is 1.45. The minimum Gasteiger partial charge on any atom is -0.317 e. The normalized spacial score (nSPS) is 18.3. The highest BCUT2D eigenvalue weighted by molar-refractivity contribution is 7.16. The second-order valence-corrected chi connectivity index (χ2v) is 7.32. The lowest BCUT2D eigenvalue weighted by atomic mass is 9.78. The van der Waals surface area contributed by atoms with Gasteiger partial charge in [-0.15, -0.1) is 11.3 Å². The summed E-state index contributed by atoms with van der Waals surface area (Å²) in [5.41, 5.74) is 0.610. The maximum absolute atomic E-state index is 6.00. The second-order valence-electron chi connectivity index (χ2n) is 5.52. The highest BCUT2D eigenvalue weighted by atomic mass is 35.5. The maximum Gasteiger partial charge on any atom is 0.0931 e. The van der Waals surface area contributed by atoms with Crippen molar-refractivity contribution >= 4 is 22.9 Å². The van der Waals surface area contributed by atoms with Gasteiger partial charge in [-0.1, -0.05) is 31.4 Å². The van der Waals surface area contributed by atoms with E-state index in [4.69, 9.17) is 11.6 Å². The summed E-state index contributed by atoms with van der Waals surface area (Å²) < 4.78 is 0.929. The van der Waals surface area contributed by atoms with Crippen LogP contribution in [-0.2, 0) is 6.42 Å². The zero-order chi connectivity index (χ0) is 12.8. The molecule has 2 rings (SSSR count). The molecule has 3 heteroatoms. The number of halogens is 1. The van der Waals surface area contributed by atoms with Crippen molar-refractivity contribution in [3.05, 3.63) is 21.3 Å². The number of hydrogen-bond donors (Lipinski definition) is 1. The second kappa shape index (κ2) is 6.93. The summed E-state index contributed by atoms with van der Waals surface area (Å²) in [6, 6.07) is 4.22. The third kappa shape index (κ3) is 3.97. The summed E-state index contributed by atoms with van der Waals surface area (Å²) in [7, 11) is 0. The van der Waals surface area contributed by atoms with E-state index in [1.54, 1.807) is 11.3 Å². The number of aryl methyl sites for hydroxylation is 1. The molecule has 1 heterocycles. The molecule has 0 bridgehead atoms. The lowest BCUT2D eigenvalue weighted by molar-refractivity contribution is 0.246. The maximum atomic E-state index is 6.00. The molecule has 1 aliphatic carbocycles. The van der Waals surface area contributed by atoms with Crippen molar-refractivity contribution in [3.63, 3.8) is 0 Å². The molecule has 18 heavy (non-hydrogen) atoms. The molecule has 1 aromatic heterocycles. The van der Waals surface area contributed by atoms with Crippen molar-refractivity contribution < 1.29 is 0 Å². The van der Waals surface area contributed by atoms with Crippen LogP contribution in [0.3, 0.4) is 0 Å². The van der Waals surface area contributed by atoms with E-state index in [2.05, 4.69) is 18.3 Å². The molecule has 1 nitrogen and oxygen atoms in total. The molecule has 102 valence electrons. The van der Waals surface area contributed by atoms with Crippen LogP contribution in [-0.4, -0.2) is 13.1 Å². The van der Waals surface area contributed by atoms with Gasteiger partial charge in [-0.25, -0.2) is 0 Å². The summed E-state index contributed by atoms with van der Waals surface area (Å²) in [6.07, 6.45) is 9.61. The zero-order valence-electron chi connectivity index (χ0n) is 11.3. The Morgan fingerprint density at radius 2 is 2.06 bits per heavy atom. The highest BCUT2D eigenvalue weighted by Gasteiger charge is 2.32. The average Bonchev–Trinajstić information content (AvgIpc) is 2.97. The largest absolute Gasteiger partial charge is 0.317 e. The highest BCUT2D eigenvalue weighted by Crippen LogP contribution is 2.44. The van der Waals surface area contributed by atoms with Gasteiger partial charge in [-0.2, -0.15) is 0 Å². The first kappa shape index (κ1) is 14.4. The van der Waals surface area contributed by atoms with E-state index in [0.29, 0.717) is 5.41 Å². The fourth-order valence-electron chi connectivity index (χ4n) is 3.15. The van der Waals surface area contributed by atoms with Gasteiger partial charge in [0.05, 0.1) is 4.34 Å². The summed E-state index contributed by atoms with van der Waals surface area (Å²) in [6.45, 7) is 4.47. The fraction of sp³-hybridized carbons (Fsp3) is 0.733. The fourth-order valence-corrected chi connectivity index (χ4v) is 4.24. The zero-order valence-corrected chi connectivity index (χ0v) is 12.9. The SMILES string of the molecule is CCNCCC1(CCc2ccc(Cl)s2)CCCC1. The van der Waals surface area contributed by atoms with Gasteiger partial charge in [-0.05, 0) is 62.7 Å². The first-order chi connectivity index (χ1) is 8.74. The van der Waals surface area contributed by atoms with Crippen LogP contribution in [0.5, 0.6) is 0 Å². The Kier molecular flexibility index (Phi) is 5.53. The minimum atomic E-state index is 0.610. The van der Waals surface area contributed by atoms with Crippen LogP contribution < -0.4 is 5.32 Å². The van der Waals surface area contributed by atoms with Crippen LogP contribution in [0.1, 0.15) is 50.3 Å². The summed E-state index contributed by atoms with van der Waals surface area (Å²) in [5, 5.41) is 3.48. The smallest absolute Gasteiger partial charge is 0.0931 e. The Bertz CT molecular complexity index is 355. The van der Waals surface area contributed by atoms with Crippen molar-refractivity contribution in [3.8, 4) is 0 Å². The van der Waals surface area contributed by atoms with Crippen LogP contribution >= 0.6 is 22.9 Å². The number of hydrogen-bond acceptors (Lipinski definition) is 2. The Balaban J connectivity index is 1.85. The first-order valence-electron chi connectivity index (χ1n) is 7.19. The summed E-state index contributed by atoms with van der Waals surface area (Å²) >= 11 is 7.75. The molecule has 0 spiro atoms. The van der Waals surface area contributed by atoms with Gasteiger partial charge < -0.3 is 5.32 Å². The standard InChI is InChI=1S/C15H24ClNS/c1-2-17-12-11-15(8-3-4-9-15)10-7-13-5-6-14(16)18-13/h5-6,17H,2-4,7-12H2,1H3. The number of rotatable bonds is 7. The van der Waals surface area contributed by atoms with Gasteiger partial charge in [0.2, 0.25) is 0 Å². The third-order valence-corrected chi connectivity index (χ3v) is 5.57. The molecule has 0 saturated heterocycles. The predicted octanol–water partition coefficient (Wildman–Crippen LogP) is 4.89. The molecule has 1 aromatic rings. The third-order valence-electron chi connectivity index (χ3n) is 4.28. The quantitative estimate of drug-likeness (QED) is 0.703. The van der Waals surface area contributed by atoms with Gasteiger partial charge >= 0.3 is 0 Å². The molecule has 1 saturated carbocycles. The van der Waals surface area contributed by atoms with Gasteiger partial charge in [0.25, 0.3) is 0 Å². The van der Waals surface area contributed by atoms with Crippen molar-refractivity contribution in [2.75, 3.05) is 13.1 Å². The first-order valence-corrected chi connectivity index (χ1v) is 8.38. The number of thiophene rings is 1. The lowest BCUT2D eigenvalue weighted by Crippen LogP contribution is -2.25. The Hall–Kier alpha value is -0.0500. The van der Waals surface area contributed by atoms with E-state index in [-0.39, 0.29) is 0 Å². The molecule has 1 N–H and O–H groups in total. The van der Waals surface area contributed by atoms with Crippen LogP contribution in [0.2, 0.25) is 4.34 Å². The molecule has 0 atom stereocenters. The van der Waals surface area contributed by atoms with E-state index >= 15 is 0 Å². The molecule has 0 amide bonds. The van der Waals surface area contributed by atoms with Crippen molar-refractivity contribution in [1.82, 2.24) is 5.32 Å². The van der Waals surface area contributed by atoms with Gasteiger partial charge in [0, 0.05) is 4.88 Å². The van der Waals surface area contributed by atoms with E-state index in [0.717, 1.165) is 10.9 Å². The van der Waals surface area contributed by atoms with E-state index < -0.39 is 0 Å². The van der Waals surface area contributed by atoms with Gasteiger partial charge in [-0.3, -0.25) is 0 Å². The predicted molar refractivity (Wildman–Crippen MR) is 81.7 cm³/mol. The van der Waals surface area contributed by atoms with Crippen molar-refractivity contribution in [1.29, 1.82) is 0 Å². The molecule has 0 unspecified atom stereocenters. The number of nitrogens with one attached hydrogen (secondary N) is 1. The van der Waals surface area contributed by atoms with E-state index in [1.807, 2.05) is 6.07 Å². The van der Waals surface area contributed by atoms with Crippen LogP contribution in [0.25, 0.3) is 0 Å². The van der Waals surface area contributed by atoms with E-state index in [9.17, 15) is 0 Å². The molecule has 1 fully saturated rings. The van der Waals surface area contributed by atoms with Crippen LogP contribution in [0.4, 0.5) is 0 Å². The van der Waals surface area contributed by atoms with Crippen molar-refractivity contribution in [2.45, 2.75) is 51.9 Å². The van der Waals surface area contributed by atoms with Crippen molar-refractivity contribution in [2.24, 2.45) is 5.41 Å². The molecule has 0 aromatic carbocycles. The average molecular weight is 286 g/mol. The van der Waals surface area contributed by atoms with Crippen LogP contribution in [0.15, 0.2) is 12.1 Å². The lowest BCUT2D eigenvalue weighted by Gasteiger charge is -2.29. The van der Waals surface area contributed by atoms with Crippen LogP contribution in [0, 0.1) is 5.41 Å². The van der Waals surface area contributed by atoms with E-state index in [1.165, 1.54) is 56.4 Å². The molecular formula is C15H24ClNS. The summed E-state index contributed by atoms with van der Waals surface area (Å²) in [5.74, 6) is 0. The Morgan fingerprint density at radius 1 is 1.28 bits per heavy atom.